The first-order chi connectivity index (χ1) is 58.3. The van der Waals surface area contributed by atoms with E-state index in [0.717, 1.165) is 110 Å². The number of esters is 3. The maximum atomic E-state index is 14.3. The molecule has 2 N–H and O–H groups in total. The van der Waals surface area contributed by atoms with Crippen molar-refractivity contribution in [2.75, 3.05) is 6.61 Å². The number of rotatable bonds is 26. The van der Waals surface area contributed by atoms with Gasteiger partial charge in [-0.3, -0.25) is 19.2 Å². The first-order valence-corrected chi connectivity index (χ1v) is 41.3. The van der Waals surface area contributed by atoms with Crippen LogP contribution in [0.4, 0.5) is 83.4 Å². The van der Waals surface area contributed by atoms with Crippen LogP contribution in [0.15, 0.2) is 30.3 Å². The van der Waals surface area contributed by atoms with Crippen LogP contribution < -0.4 is 40.9 Å². The largest absolute Gasteiger partial charge is 0.544 e. The van der Waals surface area contributed by atoms with Crippen molar-refractivity contribution in [2.24, 2.45) is 75.9 Å². The van der Waals surface area contributed by atoms with Crippen LogP contribution in [0.25, 0.3) is 0 Å². The minimum Gasteiger partial charge on any atom is -0.544 e. The van der Waals surface area contributed by atoms with E-state index in [2.05, 4.69) is 4.74 Å². The SMILES string of the molecule is CC1(OC(=O)CCC(F)(F)C(=O)[O-])CCCC1.CCOC(F)(F)C(F)(F)C(=O)[O-].O=C(CCC(F)(F)C(=O)[O-])OC1CCCCC1.O=C(OC(c1ccccc1)C(F)(F)C(=O)[O-])C12CC3CC(CC(C3)C1)C2.O=C([O-])C(F)(F)C(O)C12CC3CC(CC(C3)C1)C2.O=C([O-])C(F)(F)C1(O)C2CC3CC(C2)CC1C3.O=C([O-])C(F)(F)F.O=C1CCCC(C(F)(F)C(=O)[O-])C1.[CH3+].[CH3+].[CH3+].[CH3+].[CH3+].[CH3+].[CH3+].[CH3+]. The van der Waals surface area contributed by atoms with E-state index in [4.69, 9.17) is 24.1 Å². The molecule has 15 saturated carbocycles. The third kappa shape index (κ3) is 32.3. The van der Waals surface area contributed by atoms with Gasteiger partial charge in [-0.1, -0.05) is 36.8 Å². The molecule has 1 aromatic rings. The normalized spacial score (nSPS) is 27.2. The molecule has 15 aliphatic rings. The molecule has 0 amide bonds. The maximum absolute atomic E-state index is 14.3. The molecule has 0 aliphatic heterocycles. The fourth-order valence-electron chi connectivity index (χ4n) is 20.9. The van der Waals surface area contributed by atoms with Gasteiger partial charge in [0.2, 0.25) is 0 Å². The van der Waals surface area contributed by atoms with Crippen LogP contribution in [-0.2, 0) is 76.5 Å². The minimum atomic E-state index is -5.30. The Bertz CT molecular complexity index is 3900. The van der Waals surface area contributed by atoms with E-state index in [-0.39, 0.29) is 96.1 Å². The molecule has 0 aromatic heterocycles. The fourth-order valence-corrected chi connectivity index (χ4v) is 20.9. The highest BCUT2D eigenvalue weighted by molar-refractivity contribution is 5.83. The Morgan fingerprint density at radius 3 is 1.19 bits per heavy atom. The molecule has 770 valence electrons. The van der Waals surface area contributed by atoms with Crippen LogP contribution >= 0.6 is 0 Å². The van der Waals surface area contributed by atoms with Crippen LogP contribution in [0.5, 0.6) is 0 Å². The smallest absolute Gasteiger partial charge is 0.430 e. The predicted molar refractivity (Wildman–Crippen MR) is 424 cm³/mol. The van der Waals surface area contributed by atoms with Crippen molar-refractivity contribution >= 4 is 71.4 Å². The second-order valence-electron chi connectivity index (χ2n) is 35.6. The maximum Gasteiger partial charge on any atom is 0.430 e. The number of alkyl halides is 19. The van der Waals surface area contributed by atoms with Crippen molar-refractivity contribution in [2.45, 2.75) is 315 Å². The quantitative estimate of drug-likeness (QED) is 0.0377. The monoisotopic (exact) mass is 1980 g/mol. The summed E-state index contributed by atoms with van der Waals surface area (Å²) in [6, 6.07) is 7.32. The number of hydrogen-bond acceptors (Lipinski definition) is 26. The molecule has 0 spiro atoms. The molecule has 15 fully saturated rings. The molecular formula is C90H121F19O26. The van der Waals surface area contributed by atoms with Gasteiger partial charge in [0.25, 0.3) is 17.8 Å². The van der Waals surface area contributed by atoms with E-state index >= 15 is 0 Å². The number of halogens is 19. The van der Waals surface area contributed by atoms with Crippen molar-refractivity contribution < 1.29 is 211 Å². The third-order valence-corrected chi connectivity index (χ3v) is 26.0. The first-order valence-electron chi connectivity index (χ1n) is 41.3. The molecule has 135 heavy (non-hydrogen) atoms. The number of ketones is 1. The summed E-state index contributed by atoms with van der Waals surface area (Å²) < 4.78 is 257. The number of Topliss-reactive ketones (excluding diaryl/α,β-unsaturated/α-hetero) is 1. The molecule has 0 radical (unpaired) electrons. The van der Waals surface area contributed by atoms with Gasteiger partial charge in [-0.15, -0.1) is 0 Å². The number of aliphatic hydroxyl groups excluding tert-OH is 1. The molecule has 0 saturated heterocycles. The van der Waals surface area contributed by atoms with Gasteiger partial charge in [-0.05, 0) is 252 Å². The predicted octanol–water partition coefficient (Wildman–Crippen LogP) is 9.47. The fraction of sp³-hybridized carbons (Fsp3) is 0.711. The topological polar surface area (TPSA) is 467 Å². The van der Waals surface area contributed by atoms with Gasteiger partial charge in [0.05, 0.1) is 24.9 Å². The lowest BCUT2D eigenvalue weighted by molar-refractivity contribution is -0.387. The Balaban J connectivity index is -0.00000149. The van der Waals surface area contributed by atoms with Crippen molar-refractivity contribution in [3.8, 4) is 0 Å². The standard InChI is InChI=1S/C20H22F2O4.C13H18F2O3.C12H16F2O3.2C11H16F2O4.C8H10F2O3.C5H6F4O3.C2HF3O2.8CH3/c21-20(22,17(23)24)16(15-4-2-1-3-5-15)26-18(25)19-9-12-6-13(10-19)8-14(7-12)11-19;14-13(15,11(17)18)10(16)12-4-7-1-8(5-12)3-9(2-7)6-12;13-12(14,10(15)16)11(17)8-2-6-1-7(4-8)5-9(11)3-6;1-10(5-2-3-6-10)17-8(14)4-7-11(12,13)9(15)16;12-11(13,10(15)16)7-6-9(14)17-8-4-2-1-3-5-8;9-8(10,7(12)13)5-2-1-3-6(11)4-5;1-2-12-5(8,9)4(6,7)3(10)11;3-2(4,5)1(6)7;;;;;;;;/h1-5,12-14,16H,6-11H2,(H,23,24);7-10,16H,1-6H2,(H,17,18);6-9,17H,1-5H2,(H,15,16);2-7H2,1H3,(H,15,16);8H,1-7H2,(H,15,16);5H,1-4H2,(H,12,13);2H2,1H3,(H,10,11);(H,6,7);8*1H3/q;;;;;;;;8*+1/p-8. The molecule has 45 heteroatoms. The summed E-state index contributed by atoms with van der Waals surface area (Å²) in [5.41, 5.74) is -4.62. The Hall–Kier alpha value is -9.43. The molecule has 1 aromatic carbocycles. The summed E-state index contributed by atoms with van der Waals surface area (Å²) in [5.74, 6) is -52.3. The molecule has 3 unspecified atom stereocenters. The van der Waals surface area contributed by atoms with E-state index < -0.39 is 204 Å². The van der Waals surface area contributed by atoms with Gasteiger partial charge in [0.1, 0.15) is 76.9 Å². The highest BCUT2D eigenvalue weighted by Gasteiger charge is 2.69. The number of aliphatic carboxylic acids is 8. The summed E-state index contributed by atoms with van der Waals surface area (Å²) in [6.07, 6.45) is 3.44. The molecule has 12 bridgehead atoms. The number of aliphatic hydroxyl groups is 2. The highest BCUT2D eigenvalue weighted by atomic mass is 19.4. The van der Waals surface area contributed by atoms with Crippen molar-refractivity contribution in [3.05, 3.63) is 95.3 Å². The molecule has 15 aliphatic carbocycles. The summed E-state index contributed by atoms with van der Waals surface area (Å²) in [4.78, 5) is 127. The number of carbonyl (C=O) groups is 12. The van der Waals surface area contributed by atoms with Crippen LogP contribution in [0.1, 0.15) is 244 Å². The minimum absolute atomic E-state index is 0. The van der Waals surface area contributed by atoms with Gasteiger partial charge in [0, 0.05) is 96.4 Å². The summed E-state index contributed by atoms with van der Waals surface area (Å²) in [5, 5.41) is 101. The van der Waals surface area contributed by atoms with E-state index in [0.29, 0.717) is 118 Å². The lowest BCUT2D eigenvalue weighted by atomic mass is 9.47. The zero-order valence-corrected chi connectivity index (χ0v) is 76.6. The summed E-state index contributed by atoms with van der Waals surface area (Å²) in [6.45, 7) is 2.06. The Morgan fingerprint density at radius 2 is 0.844 bits per heavy atom. The number of carboxylic acid groups (broad SMARTS) is 8. The highest BCUT2D eigenvalue weighted by Crippen LogP contribution is 2.65. The van der Waals surface area contributed by atoms with E-state index in [1.165, 1.54) is 24.3 Å². The zero-order chi connectivity index (χ0) is 96.2. The van der Waals surface area contributed by atoms with Gasteiger partial charge in [0.15, 0.2) is 6.10 Å². The number of carbonyl (C=O) groups excluding carboxylic acids is 12. The molecule has 26 nitrogen and oxygen atoms in total. The van der Waals surface area contributed by atoms with Gasteiger partial charge in [-0.25, -0.2) is 0 Å². The van der Waals surface area contributed by atoms with Crippen LogP contribution in [0.3, 0.4) is 0 Å². The van der Waals surface area contributed by atoms with Gasteiger partial charge in [-0.2, -0.15) is 83.4 Å². The second kappa shape index (κ2) is 50.8. The van der Waals surface area contributed by atoms with Crippen molar-refractivity contribution in [1.29, 1.82) is 0 Å². The Morgan fingerprint density at radius 1 is 0.459 bits per heavy atom. The lowest BCUT2D eigenvalue weighted by Crippen LogP contribution is -2.70. The van der Waals surface area contributed by atoms with Crippen LogP contribution in [-0.4, -0.2) is 165 Å². The van der Waals surface area contributed by atoms with Gasteiger partial charge >= 0.3 is 53.9 Å². The third-order valence-electron chi connectivity index (χ3n) is 26.0. The second-order valence-corrected chi connectivity index (χ2v) is 35.6. The lowest BCUT2D eigenvalue weighted by Gasteiger charge is -2.60. The van der Waals surface area contributed by atoms with Crippen molar-refractivity contribution in [1.82, 2.24) is 0 Å². The number of benzene rings is 1. The van der Waals surface area contributed by atoms with Gasteiger partial charge < -0.3 is 108 Å². The molecular weight excluding hydrogens is 1860 g/mol. The van der Waals surface area contributed by atoms with E-state index in [1.54, 1.807) is 13.0 Å². The first kappa shape index (κ1) is 130. The molecule has 16 rings (SSSR count). The van der Waals surface area contributed by atoms with Crippen molar-refractivity contribution in [3.63, 3.8) is 0 Å². The molecule has 0 heterocycles. The average molecular weight is 1980 g/mol. The summed E-state index contributed by atoms with van der Waals surface area (Å²) >= 11 is 0. The number of hydrogen-bond donors (Lipinski definition) is 2. The Labute approximate surface area is 773 Å². The molecule has 3 atom stereocenters. The van der Waals surface area contributed by atoms with E-state index in [1.807, 2.05) is 0 Å². The zero-order valence-electron chi connectivity index (χ0n) is 76.6. The summed E-state index contributed by atoms with van der Waals surface area (Å²) in [7, 11) is 0. The number of ether oxygens (including phenoxy) is 4. The Kier molecular flexibility index (Phi) is 48.8. The van der Waals surface area contributed by atoms with E-state index in [9.17, 15) is 182 Å². The van der Waals surface area contributed by atoms with Crippen LogP contribution in [0, 0.1) is 135 Å². The number of carboxylic acids is 8. The van der Waals surface area contributed by atoms with Crippen LogP contribution in [0.2, 0.25) is 0 Å². The average Bonchev–Trinajstić information content (AvgIpc) is 0.784.